The van der Waals surface area contributed by atoms with E-state index in [2.05, 4.69) is 33.0 Å². The number of halogens is 1. The molecule has 0 aliphatic carbocycles. The van der Waals surface area contributed by atoms with E-state index in [1.165, 1.54) is 0 Å². The summed E-state index contributed by atoms with van der Waals surface area (Å²) < 4.78 is 2.00. The number of aryl methyl sites for hydroxylation is 4. The van der Waals surface area contributed by atoms with Crippen molar-refractivity contribution in [1.29, 1.82) is 0 Å². The number of rotatable bonds is 4. The van der Waals surface area contributed by atoms with Gasteiger partial charge in [0.25, 0.3) is 0 Å². The van der Waals surface area contributed by atoms with Crippen LogP contribution in [0.2, 0.25) is 5.02 Å². The van der Waals surface area contributed by atoms with Crippen LogP contribution in [0.1, 0.15) is 55.3 Å². The molecule has 1 amide bonds. The normalized spacial score (nSPS) is 11.9. The Labute approximate surface area is 177 Å². The van der Waals surface area contributed by atoms with Gasteiger partial charge in [0.15, 0.2) is 5.65 Å². The van der Waals surface area contributed by atoms with Crippen molar-refractivity contribution in [3.05, 3.63) is 51.3 Å². The van der Waals surface area contributed by atoms with E-state index >= 15 is 0 Å². The highest BCUT2D eigenvalue weighted by atomic mass is 35.5. The molecule has 154 valence electrons. The fourth-order valence-corrected chi connectivity index (χ4v) is 3.86. The molecule has 0 saturated heterocycles. The van der Waals surface area contributed by atoms with E-state index < -0.39 is 0 Å². The van der Waals surface area contributed by atoms with Crippen molar-refractivity contribution in [3.8, 4) is 0 Å². The molecule has 3 rings (SSSR count). The minimum absolute atomic E-state index is 0.0362. The lowest BCUT2D eigenvalue weighted by molar-refractivity contribution is -0.116. The zero-order valence-corrected chi connectivity index (χ0v) is 19.0. The fraction of sp³-hybridized carbons (Fsp3) is 0.435. The average molecular weight is 413 g/mol. The zero-order chi connectivity index (χ0) is 21.5. The monoisotopic (exact) mass is 412 g/mol. The summed E-state index contributed by atoms with van der Waals surface area (Å²) in [6, 6.07) is 5.55. The van der Waals surface area contributed by atoms with E-state index in [1.54, 1.807) is 6.07 Å². The molecule has 0 unspecified atom stereocenters. The Kier molecular flexibility index (Phi) is 5.72. The van der Waals surface area contributed by atoms with E-state index in [0.29, 0.717) is 17.9 Å². The summed E-state index contributed by atoms with van der Waals surface area (Å²) in [5.41, 5.74) is 6.67. The van der Waals surface area contributed by atoms with Gasteiger partial charge in [-0.15, -0.1) is 0 Å². The van der Waals surface area contributed by atoms with Gasteiger partial charge >= 0.3 is 0 Å². The predicted molar refractivity (Wildman–Crippen MR) is 120 cm³/mol. The molecule has 5 nitrogen and oxygen atoms in total. The molecule has 0 saturated carbocycles. The smallest absolute Gasteiger partial charge is 0.224 e. The van der Waals surface area contributed by atoms with Crippen molar-refractivity contribution in [2.75, 3.05) is 5.32 Å². The molecule has 0 spiro atoms. The number of pyridine rings is 1. The molecular formula is C23H29ClN4O. The van der Waals surface area contributed by atoms with E-state index in [-0.39, 0.29) is 11.4 Å². The van der Waals surface area contributed by atoms with Gasteiger partial charge in [0.05, 0.1) is 11.2 Å². The number of carbonyl (C=O) groups excluding carboxylic acids is 1. The molecule has 29 heavy (non-hydrogen) atoms. The fourth-order valence-electron chi connectivity index (χ4n) is 3.67. The minimum Gasteiger partial charge on any atom is -0.326 e. The number of nitrogens with one attached hydrogen (secondary N) is 1. The second-order valence-corrected chi connectivity index (χ2v) is 9.09. The van der Waals surface area contributed by atoms with Crippen LogP contribution in [0.25, 0.3) is 11.0 Å². The number of aromatic nitrogens is 3. The summed E-state index contributed by atoms with van der Waals surface area (Å²) in [5, 5.41) is 9.40. The zero-order valence-electron chi connectivity index (χ0n) is 18.3. The van der Waals surface area contributed by atoms with Crippen LogP contribution in [-0.2, 0) is 16.8 Å². The van der Waals surface area contributed by atoms with Crippen molar-refractivity contribution in [3.63, 3.8) is 0 Å². The second kappa shape index (κ2) is 7.79. The van der Waals surface area contributed by atoms with Crippen molar-refractivity contribution in [1.82, 2.24) is 14.8 Å². The molecule has 0 aliphatic rings. The van der Waals surface area contributed by atoms with Crippen LogP contribution in [0.4, 0.5) is 5.69 Å². The lowest BCUT2D eigenvalue weighted by Crippen LogP contribution is -2.23. The van der Waals surface area contributed by atoms with Crippen molar-refractivity contribution >= 4 is 34.2 Å². The number of hydrogen-bond donors (Lipinski definition) is 1. The Morgan fingerprint density at radius 3 is 2.45 bits per heavy atom. The highest BCUT2D eigenvalue weighted by molar-refractivity contribution is 6.31. The lowest BCUT2D eigenvalue weighted by Gasteiger charge is -2.20. The number of nitrogens with zero attached hydrogens (tertiary/aromatic N) is 3. The molecule has 0 aliphatic heterocycles. The largest absolute Gasteiger partial charge is 0.326 e. The van der Waals surface area contributed by atoms with Gasteiger partial charge in [0, 0.05) is 28.2 Å². The van der Waals surface area contributed by atoms with Crippen LogP contribution >= 0.6 is 11.6 Å². The first-order valence-electron chi connectivity index (χ1n) is 9.91. The maximum Gasteiger partial charge on any atom is 0.224 e. The highest BCUT2D eigenvalue weighted by Crippen LogP contribution is 2.29. The Morgan fingerprint density at radius 1 is 1.14 bits per heavy atom. The van der Waals surface area contributed by atoms with Gasteiger partial charge in [-0.1, -0.05) is 17.7 Å². The third kappa shape index (κ3) is 4.30. The summed E-state index contributed by atoms with van der Waals surface area (Å²) in [6.07, 6.45) is 1.01. The van der Waals surface area contributed by atoms with Crippen LogP contribution in [0.3, 0.4) is 0 Å². The van der Waals surface area contributed by atoms with Crippen LogP contribution in [0, 0.1) is 27.7 Å². The van der Waals surface area contributed by atoms with Crippen LogP contribution in [-0.4, -0.2) is 20.7 Å². The Hall–Kier alpha value is -2.40. The summed E-state index contributed by atoms with van der Waals surface area (Å²) in [5.74, 6) is -0.0362. The summed E-state index contributed by atoms with van der Waals surface area (Å²) in [7, 11) is 0. The lowest BCUT2D eigenvalue weighted by atomic mass is 9.99. The van der Waals surface area contributed by atoms with E-state index in [9.17, 15) is 4.79 Å². The number of amides is 1. The van der Waals surface area contributed by atoms with Gasteiger partial charge in [-0.25, -0.2) is 9.67 Å². The molecule has 1 aromatic carbocycles. The first-order chi connectivity index (χ1) is 13.5. The molecule has 1 N–H and O–H groups in total. The molecule has 2 aromatic heterocycles. The number of benzene rings is 1. The molecular weight excluding hydrogens is 384 g/mol. The first kappa shape index (κ1) is 21.3. The van der Waals surface area contributed by atoms with E-state index in [0.717, 1.165) is 44.8 Å². The maximum atomic E-state index is 12.5. The summed E-state index contributed by atoms with van der Waals surface area (Å²) >= 11 is 6.15. The second-order valence-electron chi connectivity index (χ2n) is 8.68. The molecule has 3 aromatic rings. The molecule has 0 atom stereocenters. The standard InChI is InChI=1S/C23H29ClN4O/c1-13-8-9-17(12-19(13)24)26-20(29)11-10-18-14(2)21-16(4)27-28(23(5,6)7)22(21)25-15(18)3/h8-9,12H,10-11H2,1-7H3,(H,26,29). The van der Waals surface area contributed by atoms with Crippen LogP contribution < -0.4 is 5.32 Å². The third-order valence-corrected chi connectivity index (χ3v) is 5.67. The van der Waals surface area contributed by atoms with Gasteiger partial charge < -0.3 is 5.32 Å². The van der Waals surface area contributed by atoms with Crippen LogP contribution in [0.15, 0.2) is 18.2 Å². The SMILES string of the molecule is Cc1ccc(NC(=O)CCc2c(C)nc3c(c(C)nn3C(C)(C)C)c2C)cc1Cl. The maximum absolute atomic E-state index is 12.5. The minimum atomic E-state index is -0.144. The number of anilines is 1. The van der Waals surface area contributed by atoms with Crippen molar-refractivity contribution in [2.24, 2.45) is 0 Å². The number of carbonyl (C=O) groups is 1. The van der Waals surface area contributed by atoms with Gasteiger partial charge in [0.1, 0.15) is 0 Å². The number of hydrogen-bond acceptors (Lipinski definition) is 3. The van der Waals surface area contributed by atoms with E-state index in [4.69, 9.17) is 21.7 Å². The Bertz CT molecular complexity index is 1090. The molecule has 2 heterocycles. The van der Waals surface area contributed by atoms with Gasteiger partial charge in [-0.05, 0) is 83.7 Å². The molecule has 6 heteroatoms. The quantitative estimate of drug-likeness (QED) is 0.602. The van der Waals surface area contributed by atoms with Crippen LogP contribution in [0.5, 0.6) is 0 Å². The Balaban J connectivity index is 1.84. The van der Waals surface area contributed by atoms with Crippen molar-refractivity contribution < 1.29 is 4.79 Å². The topological polar surface area (TPSA) is 59.8 Å². The molecule has 0 fully saturated rings. The van der Waals surface area contributed by atoms with Crippen molar-refractivity contribution in [2.45, 2.75) is 66.8 Å². The van der Waals surface area contributed by atoms with E-state index in [1.807, 2.05) is 37.6 Å². The number of fused-ring (bicyclic) bond motifs is 1. The first-order valence-corrected chi connectivity index (χ1v) is 10.3. The average Bonchev–Trinajstić information content (AvgIpc) is 2.94. The van der Waals surface area contributed by atoms with Gasteiger partial charge in [0.2, 0.25) is 5.91 Å². The van der Waals surface area contributed by atoms with Gasteiger partial charge in [-0.3, -0.25) is 4.79 Å². The summed E-state index contributed by atoms with van der Waals surface area (Å²) in [4.78, 5) is 17.3. The molecule has 0 radical (unpaired) electrons. The molecule has 0 bridgehead atoms. The summed E-state index contributed by atoms with van der Waals surface area (Å²) in [6.45, 7) is 14.4. The third-order valence-electron chi connectivity index (χ3n) is 5.27. The van der Waals surface area contributed by atoms with Gasteiger partial charge in [-0.2, -0.15) is 5.10 Å². The predicted octanol–water partition coefficient (Wildman–Crippen LogP) is 5.64. The highest BCUT2D eigenvalue weighted by Gasteiger charge is 2.23. The Morgan fingerprint density at radius 2 is 1.83 bits per heavy atom.